The zero-order chi connectivity index (χ0) is 13.4. The molecule has 1 aromatic heterocycles. The Bertz CT molecular complexity index is 575. The van der Waals surface area contributed by atoms with Gasteiger partial charge in [0.15, 0.2) is 0 Å². The first-order valence-corrected chi connectivity index (χ1v) is 7.99. The van der Waals surface area contributed by atoms with Crippen molar-refractivity contribution >= 4 is 38.3 Å². The minimum absolute atomic E-state index is 0.255. The predicted molar refractivity (Wildman–Crippen MR) is 84.7 cm³/mol. The van der Waals surface area contributed by atoms with Gasteiger partial charge in [0.2, 0.25) is 0 Å². The molecule has 1 aromatic carbocycles. The van der Waals surface area contributed by atoms with Crippen LogP contribution in [0.15, 0.2) is 28.7 Å². The molecule has 1 heterocycles. The van der Waals surface area contributed by atoms with Crippen molar-refractivity contribution in [2.75, 3.05) is 11.1 Å². The van der Waals surface area contributed by atoms with E-state index in [2.05, 4.69) is 56.8 Å². The van der Waals surface area contributed by atoms with Crippen LogP contribution < -0.4 is 11.1 Å². The van der Waals surface area contributed by atoms with Gasteiger partial charge in [0.1, 0.15) is 10.8 Å². The van der Waals surface area contributed by atoms with E-state index in [0.717, 1.165) is 9.47 Å². The summed E-state index contributed by atoms with van der Waals surface area (Å²) in [7, 11) is 0. The first kappa shape index (κ1) is 12.9. The van der Waals surface area contributed by atoms with Gasteiger partial charge in [-0.3, -0.25) is 0 Å². The lowest BCUT2D eigenvalue weighted by Gasteiger charge is -2.15. The third-order valence-corrected chi connectivity index (χ3v) is 4.80. The fraction of sp³-hybridized carbons (Fsp3) is 0.357. The van der Waals surface area contributed by atoms with Crippen molar-refractivity contribution in [2.24, 2.45) is 0 Å². The fourth-order valence-corrected chi connectivity index (χ4v) is 3.36. The molecule has 0 amide bonds. The average Bonchev–Trinajstić information content (AvgIpc) is 3.16. The van der Waals surface area contributed by atoms with E-state index in [1.54, 1.807) is 0 Å². The number of benzene rings is 1. The maximum absolute atomic E-state index is 5.97. The third kappa shape index (κ3) is 2.77. The Morgan fingerprint density at radius 1 is 1.37 bits per heavy atom. The lowest BCUT2D eigenvalue weighted by Crippen LogP contribution is -2.06. The molecule has 1 aliphatic carbocycles. The number of nitrogens with two attached hydrogens (primary N) is 1. The Kier molecular flexibility index (Phi) is 3.50. The Morgan fingerprint density at radius 2 is 2.05 bits per heavy atom. The molecule has 0 bridgehead atoms. The summed E-state index contributed by atoms with van der Waals surface area (Å²) in [6.45, 7) is 2.16. The highest BCUT2D eigenvalue weighted by atomic mass is 79.9. The molecule has 2 aromatic rings. The van der Waals surface area contributed by atoms with Crippen LogP contribution in [0.3, 0.4) is 0 Å². The predicted octanol–water partition coefficient (Wildman–Crippen LogP) is 4.54. The second-order valence-corrected chi connectivity index (χ2v) is 6.69. The summed E-state index contributed by atoms with van der Waals surface area (Å²) in [5, 5.41) is 4.68. The first-order chi connectivity index (χ1) is 9.15. The minimum atomic E-state index is 0.255. The molecule has 3 N–H and O–H groups in total. The van der Waals surface area contributed by atoms with Gasteiger partial charge in [-0.25, -0.2) is 0 Å². The molecule has 19 heavy (non-hydrogen) atoms. The van der Waals surface area contributed by atoms with Crippen molar-refractivity contribution in [1.29, 1.82) is 0 Å². The summed E-state index contributed by atoms with van der Waals surface area (Å²) in [5.74, 6) is 1.33. The lowest BCUT2D eigenvalue weighted by molar-refractivity contribution is 0.884. The summed E-state index contributed by atoms with van der Waals surface area (Å²) < 4.78 is 5.39. The Morgan fingerprint density at radius 3 is 2.68 bits per heavy atom. The summed E-state index contributed by atoms with van der Waals surface area (Å²) in [5.41, 5.74) is 8.46. The molecule has 5 heteroatoms. The number of nitrogen functional groups attached to an aromatic ring is 1. The molecular formula is C14H16BrN3S. The largest absolute Gasteiger partial charge is 0.383 e. The molecule has 1 aliphatic rings. The number of halogens is 1. The molecule has 3 rings (SSSR count). The highest BCUT2D eigenvalue weighted by molar-refractivity contribution is 9.10. The van der Waals surface area contributed by atoms with Gasteiger partial charge in [0, 0.05) is 16.1 Å². The second-order valence-electron chi connectivity index (χ2n) is 5.00. The van der Waals surface area contributed by atoms with Gasteiger partial charge in [-0.2, -0.15) is 4.37 Å². The standard InChI is InChI=1S/C14H16BrN3S/c1-8(9-4-6-11(15)7-5-9)17-14-12(10-2-3-10)13(16)18-19-14/h4-8,10,17H,2-3H2,1H3,(H2,16,18). The average molecular weight is 338 g/mol. The van der Waals surface area contributed by atoms with E-state index in [0.29, 0.717) is 11.7 Å². The molecule has 100 valence electrons. The topological polar surface area (TPSA) is 50.9 Å². The van der Waals surface area contributed by atoms with E-state index < -0.39 is 0 Å². The normalized spacial score (nSPS) is 16.3. The highest BCUT2D eigenvalue weighted by Crippen LogP contribution is 2.48. The van der Waals surface area contributed by atoms with Crippen LogP contribution in [0, 0.1) is 0 Å². The van der Waals surface area contributed by atoms with Gasteiger partial charge in [-0.05, 0) is 54.9 Å². The van der Waals surface area contributed by atoms with E-state index in [9.17, 15) is 0 Å². The van der Waals surface area contributed by atoms with Crippen LogP contribution in [0.2, 0.25) is 0 Å². The maximum Gasteiger partial charge on any atom is 0.142 e. The van der Waals surface area contributed by atoms with Crippen molar-refractivity contribution < 1.29 is 0 Å². The van der Waals surface area contributed by atoms with E-state index in [-0.39, 0.29) is 6.04 Å². The van der Waals surface area contributed by atoms with Crippen LogP contribution in [0.5, 0.6) is 0 Å². The number of rotatable bonds is 4. The molecule has 1 unspecified atom stereocenters. The van der Waals surface area contributed by atoms with Gasteiger partial charge in [0.05, 0.1) is 0 Å². The monoisotopic (exact) mass is 337 g/mol. The molecule has 0 spiro atoms. The van der Waals surface area contributed by atoms with Gasteiger partial charge in [-0.15, -0.1) is 0 Å². The zero-order valence-electron chi connectivity index (χ0n) is 10.7. The second kappa shape index (κ2) is 5.13. The molecule has 1 atom stereocenters. The fourth-order valence-electron chi connectivity index (χ4n) is 2.21. The number of hydrogen-bond acceptors (Lipinski definition) is 4. The number of nitrogens with zero attached hydrogens (tertiary/aromatic N) is 1. The van der Waals surface area contributed by atoms with E-state index >= 15 is 0 Å². The maximum atomic E-state index is 5.97. The smallest absolute Gasteiger partial charge is 0.142 e. The Hall–Kier alpha value is -1.07. The van der Waals surface area contributed by atoms with Crippen LogP contribution in [0.1, 0.15) is 42.9 Å². The number of anilines is 2. The summed E-state index contributed by atoms with van der Waals surface area (Å²) in [6, 6.07) is 8.64. The first-order valence-electron chi connectivity index (χ1n) is 6.42. The van der Waals surface area contributed by atoms with Gasteiger partial charge in [-0.1, -0.05) is 28.1 Å². The van der Waals surface area contributed by atoms with Crippen LogP contribution in [-0.4, -0.2) is 4.37 Å². The summed E-state index contributed by atoms with van der Waals surface area (Å²) >= 11 is 4.93. The number of hydrogen-bond donors (Lipinski definition) is 2. The van der Waals surface area contributed by atoms with Gasteiger partial charge >= 0.3 is 0 Å². The molecule has 1 saturated carbocycles. The van der Waals surface area contributed by atoms with Crippen LogP contribution in [-0.2, 0) is 0 Å². The molecule has 0 radical (unpaired) electrons. The van der Waals surface area contributed by atoms with E-state index in [1.807, 2.05) is 0 Å². The van der Waals surface area contributed by atoms with E-state index in [1.165, 1.54) is 35.5 Å². The third-order valence-electron chi connectivity index (χ3n) is 3.46. The van der Waals surface area contributed by atoms with Crippen LogP contribution >= 0.6 is 27.5 Å². The van der Waals surface area contributed by atoms with Crippen molar-refractivity contribution in [1.82, 2.24) is 4.37 Å². The molecule has 1 fully saturated rings. The molecular weight excluding hydrogens is 322 g/mol. The van der Waals surface area contributed by atoms with Crippen molar-refractivity contribution in [2.45, 2.75) is 31.7 Å². The quantitative estimate of drug-likeness (QED) is 0.861. The van der Waals surface area contributed by atoms with Gasteiger partial charge < -0.3 is 11.1 Å². The van der Waals surface area contributed by atoms with Crippen molar-refractivity contribution in [3.8, 4) is 0 Å². The summed E-state index contributed by atoms with van der Waals surface area (Å²) in [4.78, 5) is 0. The van der Waals surface area contributed by atoms with E-state index in [4.69, 9.17) is 5.73 Å². The highest BCUT2D eigenvalue weighted by Gasteiger charge is 2.30. The molecule has 0 aliphatic heterocycles. The summed E-state index contributed by atoms with van der Waals surface area (Å²) in [6.07, 6.45) is 2.48. The Labute approximate surface area is 125 Å². The Balaban J connectivity index is 1.79. The minimum Gasteiger partial charge on any atom is -0.383 e. The zero-order valence-corrected chi connectivity index (χ0v) is 13.1. The number of aromatic nitrogens is 1. The SMILES string of the molecule is CC(Nc1snc(N)c1C1CC1)c1ccc(Br)cc1. The van der Waals surface area contributed by atoms with Gasteiger partial charge in [0.25, 0.3) is 0 Å². The van der Waals surface area contributed by atoms with Crippen LogP contribution in [0.25, 0.3) is 0 Å². The lowest BCUT2D eigenvalue weighted by atomic mass is 10.1. The number of nitrogens with one attached hydrogen (secondary N) is 1. The molecule has 0 saturated heterocycles. The van der Waals surface area contributed by atoms with Crippen LogP contribution in [0.4, 0.5) is 10.8 Å². The van der Waals surface area contributed by atoms with Crippen molar-refractivity contribution in [3.05, 3.63) is 39.9 Å². The van der Waals surface area contributed by atoms with Crippen molar-refractivity contribution in [3.63, 3.8) is 0 Å². The molecule has 3 nitrogen and oxygen atoms in total.